The molecule has 11 heteroatoms. The van der Waals surface area contributed by atoms with E-state index < -0.39 is 17.8 Å². The normalized spacial score (nSPS) is 10.6. The first-order valence-electron chi connectivity index (χ1n) is 10.2. The topological polar surface area (TPSA) is 117 Å². The number of benzene rings is 1. The number of aromatic nitrogens is 4. The number of hydrogen-bond acceptors (Lipinski definition) is 8. The summed E-state index contributed by atoms with van der Waals surface area (Å²) in [5.41, 5.74) is 1.53. The number of ether oxygens (including phenoxy) is 2. The molecule has 0 saturated carbocycles. The summed E-state index contributed by atoms with van der Waals surface area (Å²) in [4.78, 5) is 36.7. The number of methoxy groups -OCH3 is 2. The van der Waals surface area contributed by atoms with Gasteiger partial charge in [0.2, 0.25) is 5.91 Å². The molecule has 2 heterocycles. The van der Waals surface area contributed by atoms with E-state index in [0.29, 0.717) is 18.1 Å². The molecule has 0 atom stereocenters. The Morgan fingerprint density at radius 1 is 1.15 bits per heavy atom. The van der Waals surface area contributed by atoms with Crippen molar-refractivity contribution in [2.24, 2.45) is 7.05 Å². The minimum atomic E-state index is -0.643. The minimum absolute atomic E-state index is 0.00248. The Balaban J connectivity index is 1.75. The van der Waals surface area contributed by atoms with Crippen molar-refractivity contribution in [3.8, 4) is 0 Å². The SMILES string of the molecule is C=CCn1c(Cc2cccn2C)nnc1SCC(=O)Nc1cc(C(=O)OC)ccc1C(=O)OC. The Bertz CT molecular complexity index is 1220. The summed E-state index contributed by atoms with van der Waals surface area (Å²) in [6.07, 6.45) is 4.28. The van der Waals surface area contributed by atoms with E-state index in [0.717, 1.165) is 11.5 Å². The number of esters is 2. The fourth-order valence-corrected chi connectivity index (χ4v) is 3.97. The van der Waals surface area contributed by atoms with E-state index in [4.69, 9.17) is 9.47 Å². The zero-order valence-electron chi connectivity index (χ0n) is 19.1. The molecule has 0 saturated heterocycles. The highest BCUT2D eigenvalue weighted by atomic mass is 32.2. The van der Waals surface area contributed by atoms with Crippen LogP contribution in [0.4, 0.5) is 5.69 Å². The van der Waals surface area contributed by atoms with Crippen molar-refractivity contribution in [3.63, 3.8) is 0 Å². The largest absolute Gasteiger partial charge is 0.465 e. The van der Waals surface area contributed by atoms with Crippen molar-refractivity contribution in [3.05, 3.63) is 71.8 Å². The lowest BCUT2D eigenvalue weighted by molar-refractivity contribution is -0.113. The minimum Gasteiger partial charge on any atom is -0.465 e. The molecule has 3 rings (SSSR count). The highest BCUT2D eigenvalue weighted by Crippen LogP contribution is 2.22. The number of allylic oxidation sites excluding steroid dienone is 1. The molecule has 3 aromatic rings. The Labute approximate surface area is 201 Å². The molecule has 0 bridgehead atoms. The van der Waals surface area contributed by atoms with Crippen LogP contribution in [0.15, 0.2) is 54.3 Å². The number of hydrogen-bond donors (Lipinski definition) is 1. The molecule has 1 amide bonds. The van der Waals surface area contributed by atoms with Crippen molar-refractivity contribution >= 4 is 35.3 Å². The molecular formula is C23H25N5O5S. The second kappa shape index (κ2) is 11.3. The van der Waals surface area contributed by atoms with E-state index in [9.17, 15) is 14.4 Å². The summed E-state index contributed by atoms with van der Waals surface area (Å²) >= 11 is 1.20. The van der Waals surface area contributed by atoms with E-state index >= 15 is 0 Å². The van der Waals surface area contributed by atoms with E-state index in [2.05, 4.69) is 22.1 Å². The van der Waals surface area contributed by atoms with Gasteiger partial charge in [0, 0.05) is 31.9 Å². The third-order valence-electron chi connectivity index (χ3n) is 4.95. The fraction of sp³-hybridized carbons (Fsp3) is 0.261. The first kappa shape index (κ1) is 24.8. The maximum absolute atomic E-state index is 12.7. The number of carbonyl (C=O) groups excluding carboxylic acids is 3. The number of amides is 1. The molecular weight excluding hydrogens is 458 g/mol. The van der Waals surface area contributed by atoms with E-state index in [1.807, 2.05) is 34.5 Å². The molecule has 34 heavy (non-hydrogen) atoms. The third kappa shape index (κ3) is 5.73. The van der Waals surface area contributed by atoms with E-state index in [-0.39, 0.29) is 22.6 Å². The van der Waals surface area contributed by atoms with Gasteiger partial charge in [-0.15, -0.1) is 16.8 Å². The first-order valence-corrected chi connectivity index (χ1v) is 11.2. The molecule has 0 aliphatic heterocycles. The van der Waals surface area contributed by atoms with E-state index in [1.165, 1.54) is 44.2 Å². The Kier molecular flexibility index (Phi) is 8.25. The molecule has 1 N–H and O–H groups in total. The average molecular weight is 484 g/mol. The van der Waals surface area contributed by atoms with Gasteiger partial charge in [-0.25, -0.2) is 9.59 Å². The third-order valence-corrected chi connectivity index (χ3v) is 5.91. The average Bonchev–Trinajstić information content (AvgIpc) is 3.42. The van der Waals surface area contributed by atoms with Crippen LogP contribution in [0.25, 0.3) is 0 Å². The lowest BCUT2D eigenvalue weighted by Gasteiger charge is -2.12. The standard InChI is InChI=1S/C23H25N5O5S/c1-5-10-28-19(13-16-7-6-11-27(16)2)25-26-23(28)34-14-20(29)24-18-12-15(21(30)32-3)8-9-17(18)22(31)33-4/h5-9,11-12H,1,10,13-14H2,2-4H3,(H,24,29). The van der Waals surface area contributed by atoms with Crippen molar-refractivity contribution in [1.29, 1.82) is 0 Å². The van der Waals surface area contributed by atoms with Gasteiger partial charge in [-0.05, 0) is 30.3 Å². The van der Waals surface area contributed by atoms with Crippen LogP contribution in [0.2, 0.25) is 0 Å². The van der Waals surface area contributed by atoms with Crippen LogP contribution in [0, 0.1) is 0 Å². The first-order chi connectivity index (χ1) is 16.4. The van der Waals surface area contributed by atoms with Gasteiger partial charge in [-0.1, -0.05) is 17.8 Å². The zero-order valence-corrected chi connectivity index (χ0v) is 19.9. The lowest BCUT2D eigenvalue weighted by atomic mass is 10.1. The fourth-order valence-electron chi connectivity index (χ4n) is 3.21. The van der Waals surface area contributed by atoms with Crippen LogP contribution in [0.3, 0.4) is 0 Å². The van der Waals surface area contributed by atoms with Gasteiger partial charge in [0.25, 0.3) is 0 Å². The van der Waals surface area contributed by atoms with Gasteiger partial charge in [0.05, 0.1) is 36.8 Å². The summed E-state index contributed by atoms with van der Waals surface area (Å²) < 4.78 is 13.4. The van der Waals surface area contributed by atoms with Crippen LogP contribution in [0.5, 0.6) is 0 Å². The van der Waals surface area contributed by atoms with Crippen molar-refractivity contribution in [2.45, 2.75) is 18.1 Å². The maximum Gasteiger partial charge on any atom is 0.339 e. The molecule has 0 fully saturated rings. The van der Waals surface area contributed by atoms with Crippen molar-refractivity contribution in [1.82, 2.24) is 19.3 Å². The van der Waals surface area contributed by atoms with Gasteiger partial charge in [0.15, 0.2) is 5.16 Å². The summed E-state index contributed by atoms with van der Waals surface area (Å²) in [6.45, 7) is 4.29. The Morgan fingerprint density at radius 3 is 2.56 bits per heavy atom. The second-order valence-electron chi connectivity index (χ2n) is 7.17. The summed E-state index contributed by atoms with van der Waals surface area (Å²) in [5.74, 6) is -0.875. The molecule has 10 nitrogen and oxygen atoms in total. The van der Waals surface area contributed by atoms with Crippen LogP contribution in [-0.2, 0) is 34.3 Å². The number of thioether (sulfide) groups is 1. The monoisotopic (exact) mass is 483 g/mol. The number of nitrogens with zero attached hydrogens (tertiary/aromatic N) is 4. The van der Waals surface area contributed by atoms with Gasteiger partial charge in [0.1, 0.15) is 5.82 Å². The lowest BCUT2D eigenvalue weighted by Crippen LogP contribution is -2.18. The van der Waals surface area contributed by atoms with Gasteiger partial charge in [-0.2, -0.15) is 0 Å². The van der Waals surface area contributed by atoms with Crippen molar-refractivity contribution in [2.75, 3.05) is 25.3 Å². The van der Waals surface area contributed by atoms with Crippen LogP contribution >= 0.6 is 11.8 Å². The zero-order chi connectivity index (χ0) is 24.7. The molecule has 0 aliphatic carbocycles. The van der Waals surface area contributed by atoms with Gasteiger partial charge in [-0.3, -0.25) is 4.79 Å². The van der Waals surface area contributed by atoms with Gasteiger partial charge >= 0.3 is 11.9 Å². The number of aryl methyl sites for hydroxylation is 1. The van der Waals surface area contributed by atoms with E-state index in [1.54, 1.807) is 6.08 Å². The summed E-state index contributed by atoms with van der Waals surface area (Å²) in [7, 11) is 4.44. The summed E-state index contributed by atoms with van der Waals surface area (Å²) in [6, 6.07) is 8.17. The molecule has 1 aromatic carbocycles. The number of rotatable bonds is 10. The molecule has 0 unspecified atom stereocenters. The smallest absolute Gasteiger partial charge is 0.339 e. The predicted molar refractivity (Wildman–Crippen MR) is 127 cm³/mol. The molecule has 0 aliphatic rings. The highest BCUT2D eigenvalue weighted by molar-refractivity contribution is 7.99. The molecule has 178 valence electrons. The number of nitrogens with one attached hydrogen (secondary N) is 1. The maximum atomic E-state index is 12.7. The van der Waals surface area contributed by atoms with Gasteiger partial charge < -0.3 is 23.9 Å². The Morgan fingerprint density at radius 2 is 1.91 bits per heavy atom. The van der Waals surface area contributed by atoms with Crippen molar-refractivity contribution < 1.29 is 23.9 Å². The highest BCUT2D eigenvalue weighted by Gasteiger charge is 2.19. The second-order valence-corrected chi connectivity index (χ2v) is 8.11. The predicted octanol–water partition coefficient (Wildman–Crippen LogP) is 2.70. The molecule has 2 aromatic heterocycles. The molecule has 0 spiro atoms. The summed E-state index contributed by atoms with van der Waals surface area (Å²) in [5, 5.41) is 11.8. The Hall–Kier alpha value is -3.86. The number of anilines is 1. The van der Waals surface area contributed by atoms with Crippen LogP contribution in [0.1, 0.15) is 32.2 Å². The van der Waals surface area contributed by atoms with Crippen LogP contribution in [-0.4, -0.2) is 57.1 Å². The quantitative estimate of drug-likeness (QED) is 0.266. The number of carbonyl (C=O) groups is 3. The van der Waals surface area contributed by atoms with Crippen LogP contribution < -0.4 is 5.32 Å². The molecule has 0 radical (unpaired) electrons.